The number of piperazine rings is 1. The minimum Gasteiger partial charge on any atom is -0.342 e. The highest BCUT2D eigenvalue weighted by molar-refractivity contribution is 8.14. The van der Waals surface area contributed by atoms with Crippen LogP contribution in [0.2, 0.25) is 0 Å². The van der Waals surface area contributed by atoms with E-state index in [0.717, 1.165) is 16.7 Å². The van der Waals surface area contributed by atoms with Gasteiger partial charge in [0.25, 0.3) is 11.1 Å². The normalized spacial score (nSPS) is 30.9. The van der Waals surface area contributed by atoms with Crippen molar-refractivity contribution in [3.63, 3.8) is 0 Å². The summed E-state index contributed by atoms with van der Waals surface area (Å²) in [7, 11) is 0. The van der Waals surface area contributed by atoms with Gasteiger partial charge in [-0.1, -0.05) is 25.6 Å². The van der Waals surface area contributed by atoms with Crippen LogP contribution < -0.4 is 5.32 Å². The number of hydrogen-bond donors (Lipinski definition) is 1. The molecule has 0 bridgehead atoms. The lowest BCUT2D eigenvalue weighted by molar-refractivity contribution is -0.145. The van der Waals surface area contributed by atoms with E-state index in [1.165, 1.54) is 0 Å². The van der Waals surface area contributed by atoms with E-state index in [1.807, 2.05) is 13.8 Å². The van der Waals surface area contributed by atoms with Crippen LogP contribution >= 0.6 is 11.8 Å². The van der Waals surface area contributed by atoms with Gasteiger partial charge in [-0.15, -0.1) is 0 Å². The van der Waals surface area contributed by atoms with Crippen molar-refractivity contribution in [1.82, 2.24) is 10.2 Å². The molecule has 15 heavy (non-hydrogen) atoms. The summed E-state index contributed by atoms with van der Waals surface area (Å²) in [5, 5.41) is 2.36. The molecule has 5 nitrogen and oxygen atoms in total. The van der Waals surface area contributed by atoms with Crippen LogP contribution in [0.5, 0.6) is 0 Å². The predicted octanol–water partition coefficient (Wildman–Crippen LogP) is 0.205. The third-order valence-electron chi connectivity index (χ3n) is 2.64. The first kappa shape index (κ1) is 10.5. The minimum atomic E-state index is -0.593. The standard InChI is InChI=1S/C9H12N2O3S/c1-4(2)6-8(13)11-5(7(12)10-6)3-15-9(11)14/h4-6H,3H2,1-2H3,(H,10,12). The number of nitrogens with zero attached hydrogens (tertiary/aromatic N) is 1. The maximum Gasteiger partial charge on any atom is 0.289 e. The van der Waals surface area contributed by atoms with Crippen molar-refractivity contribution in [2.45, 2.75) is 25.9 Å². The topological polar surface area (TPSA) is 66.5 Å². The van der Waals surface area contributed by atoms with Crippen molar-refractivity contribution in [1.29, 1.82) is 0 Å². The zero-order valence-electron chi connectivity index (χ0n) is 8.52. The highest BCUT2D eigenvalue weighted by atomic mass is 32.2. The highest BCUT2D eigenvalue weighted by Gasteiger charge is 2.48. The number of rotatable bonds is 1. The molecule has 2 rings (SSSR count). The Kier molecular flexibility index (Phi) is 2.46. The van der Waals surface area contributed by atoms with E-state index in [1.54, 1.807) is 0 Å². The van der Waals surface area contributed by atoms with Gasteiger partial charge in [0.1, 0.15) is 12.1 Å². The lowest BCUT2D eigenvalue weighted by Gasteiger charge is -2.34. The highest BCUT2D eigenvalue weighted by Crippen LogP contribution is 2.28. The molecular formula is C9H12N2O3S. The summed E-state index contributed by atoms with van der Waals surface area (Å²) >= 11 is 1.03. The third-order valence-corrected chi connectivity index (χ3v) is 3.57. The average molecular weight is 228 g/mol. The van der Waals surface area contributed by atoms with Crippen LogP contribution in [0.4, 0.5) is 4.79 Å². The van der Waals surface area contributed by atoms with Gasteiger partial charge in [0, 0.05) is 5.75 Å². The number of nitrogens with one attached hydrogen (secondary N) is 1. The second-order valence-corrected chi connectivity index (χ2v) is 5.00. The Morgan fingerprint density at radius 3 is 2.67 bits per heavy atom. The number of hydrogen-bond acceptors (Lipinski definition) is 4. The van der Waals surface area contributed by atoms with Crippen molar-refractivity contribution in [3.8, 4) is 0 Å². The van der Waals surface area contributed by atoms with E-state index in [-0.39, 0.29) is 23.0 Å². The smallest absolute Gasteiger partial charge is 0.289 e. The fourth-order valence-corrected chi connectivity index (χ4v) is 2.73. The first-order valence-corrected chi connectivity index (χ1v) is 5.81. The van der Waals surface area contributed by atoms with Gasteiger partial charge in [-0.25, -0.2) is 0 Å². The first-order chi connectivity index (χ1) is 7.02. The molecule has 6 heteroatoms. The van der Waals surface area contributed by atoms with Crippen LogP contribution in [0.15, 0.2) is 0 Å². The Morgan fingerprint density at radius 1 is 1.40 bits per heavy atom. The molecule has 2 saturated heterocycles. The van der Waals surface area contributed by atoms with Crippen LogP contribution in [0.25, 0.3) is 0 Å². The molecule has 0 aromatic rings. The molecule has 2 atom stereocenters. The number of carbonyl (C=O) groups is 3. The average Bonchev–Trinajstić information content (AvgIpc) is 2.54. The zero-order chi connectivity index (χ0) is 11.2. The molecule has 0 spiro atoms. The SMILES string of the molecule is CC(C)C1NC(=O)C2CSC(=O)N2C1=O. The maximum atomic E-state index is 11.9. The van der Waals surface area contributed by atoms with Crippen molar-refractivity contribution in [2.24, 2.45) is 5.92 Å². The van der Waals surface area contributed by atoms with Gasteiger partial charge in [-0.3, -0.25) is 19.3 Å². The van der Waals surface area contributed by atoms with Crippen molar-refractivity contribution in [3.05, 3.63) is 0 Å². The fourth-order valence-electron chi connectivity index (χ4n) is 1.77. The molecule has 0 aromatic carbocycles. The molecule has 0 aromatic heterocycles. The Morgan fingerprint density at radius 2 is 2.07 bits per heavy atom. The maximum absolute atomic E-state index is 11.9. The number of fused-ring (bicyclic) bond motifs is 1. The molecule has 2 aliphatic rings. The summed E-state index contributed by atoms with van der Waals surface area (Å²) in [4.78, 5) is 36.0. The second kappa shape index (κ2) is 3.52. The number of carbonyl (C=O) groups excluding carboxylic acids is 3. The molecule has 82 valence electrons. The van der Waals surface area contributed by atoms with E-state index in [9.17, 15) is 14.4 Å². The molecule has 0 radical (unpaired) electrons. The summed E-state index contributed by atoms with van der Waals surface area (Å²) in [5.41, 5.74) is 0. The quantitative estimate of drug-likeness (QED) is 0.696. The van der Waals surface area contributed by atoms with Gasteiger partial charge in [0.15, 0.2) is 0 Å². The largest absolute Gasteiger partial charge is 0.342 e. The van der Waals surface area contributed by atoms with Crippen LogP contribution in [-0.2, 0) is 9.59 Å². The fraction of sp³-hybridized carbons (Fsp3) is 0.667. The Labute approximate surface area is 91.6 Å². The van der Waals surface area contributed by atoms with E-state index < -0.39 is 12.1 Å². The summed E-state index contributed by atoms with van der Waals surface area (Å²) in [6.07, 6.45) is 0. The third kappa shape index (κ3) is 1.52. The Bertz CT molecular complexity index is 342. The van der Waals surface area contributed by atoms with Gasteiger partial charge in [-0.05, 0) is 5.92 Å². The lowest BCUT2D eigenvalue weighted by atomic mass is 9.99. The molecule has 2 aliphatic heterocycles. The van der Waals surface area contributed by atoms with Crippen LogP contribution in [0.3, 0.4) is 0 Å². The van der Waals surface area contributed by atoms with Crippen LogP contribution in [0.1, 0.15) is 13.8 Å². The molecule has 3 amide bonds. The molecule has 2 heterocycles. The predicted molar refractivity (Wildman–Crippen MR) is 55.3 cm³/mol. The molecule has 2 fully saturated rings. The lowest BCUT2D eigenvalue weighted by Crippen LogP contribution is -2.63. The van der Waals surface area contributed by atoms with Gasteiger partial charge >= 0.3 is 0 Å². The number of thioether (sulfide) groups is 1. The van der Waals surface area contributed by atoms with Gasteiger partial charge in [-0.2, -0.15) is 0 Å². The molecule has 2 unspecified atom stereocenters. The van der Waals surface area contributed by atoms with E-state index in [4.69, 9.17) is 0 Å². The van der Waals surface area contributed by atoms with Gasteiger partial charge in [0.05, 0.1) is 0 Å². The monoisotopic (exact) mass is 228 g/mol. The van der Waals surface area contributed by atoms with Crippen LogP contribution in [-0.4, -0.2) is 39.8 Å². The van der Waals surface area contributed by atoms with E-state index >= 15 is 0 Å². The van der Waals surface area contributed by atoms with E-state index in [2.05, 4.69) is 5.32 Å². The molecular weight excluding hydrogens is 216 g/mol. The molecule has 0 aliphatic carbocycles. The Balaban J connectivity index is 2.29. The first-order valence-electron chi connectivity index (χ1n) is 4.82. The summed E-state index contributed by atoms with van der Waals surface area (Å²) in [5.74, 6) is -0.113. The second-order valence-electron chi connectivity index (χ2n) is 4.03. The zero-order valence-corrected chi connectivity index (χ0v) is 9.34. The van der Waals surface area contributed by atoms with Crippen LogP contribution in [0, 0.1) is 5.92 Å². The number of imide groups is 1. The molecule has 1 N–H and O–H groups in total. The summed E-state index contributed by atoms with van der Waals surface area (Å²) < 4.78 is 0. The summed E-state index contributed by atoms with van der Waals surface area (Å²) in [6, 6.07) is -1.15. The Hall–Kier alpha value is -1.04. The van der Waals surface area contributed by atoms with E-state index in [0.29, 0.717) is 5.75 Å². The number of amides is 3. The van der Waals surface area contributed by atoms with Gasteiger partial charge in [0.2, 0.25) is 5.91 Å². The van der Waals surface area contributed by atoms with Gasteiger partial charge < -0.3 is 5.32 Å². The van der Waals surface area contributed by atoms with Crippen molar-refractivity contribution < 1.29 is 14.4 Å². The molecule has 0 saturated carbocycles. The minimum absolute atomic E-state index is 0.000741. The summed E-state index contributed by atoms with van der Waals surface area (Å²) in [6.45, 7) is 3.69. The van der Waals surface area contributed by atoms with Crippen molar-refractivity contribution >= 4 is 28.8 Å². The van der Waals surface area contributed by atoms with Crippen molar-refractivity contribution in [2.75, 3.05) is 5.75 Å².